The van der Waals surface area contributed by atoms with Crippen LogP contribution < -0.4 is 0 Å². The zero-order valence-corrected chi connectivity index (χ0v) is 10.1. The Morgan fingerprint density at radius 2 is 1.75 bits per heavy atom. The van der Waals surface area contributed by atoms with Crippen LogP contribution in [-0.2, 0) is 0 Å². The quantitative estimate of drug-likeness (QED) is 0.686. The van der Waals surface area contributed by atoms with Crippen LogP contribution in [0, 0.1) is 5.41 Å². The molecule has 0 heterocycles. The fraction of sp³-hybridized carbons (Fsp3) is 0.286. The fourth-order valence-corrected chi connectivity index (χ4v) is 1.29. The molecule has 1 aromatic rings. The van der Waals surface area contributed by atoms with Crippen molar-refractivity contribution < 1.29 is 0 Å². The van der Waals surface area contributed by atoms with Gasteiger partial charge < -0.3 is 0 Å². The van der Waals surface area contributed by atoms with Gasteiger partial charge in [-0.25, -0.2) is 0 Å². The van der Waals surface area contributed by atoms with Gasteiger partial charge in [-0.2, -0.15) is 0 Å². The van der Waals surface area contributed by atoms with Crippen molar-refractivity contribution in [2.75, 3.05) is 7.05 Å². The molecular weight excluding hydrogens is 196 g/mol. The van der Waals surface area contributed by atoms with E-state index in [1.54, 1.807) is 13.2 Å². The molecule has 0 N–H and O–H groups in total. The molecule has 0 saturated heterocycles. The monoisotopic (exact) mass is 214 g/mol. The largest absolute Gasteiger partial charge is 0.300 e. The lowest BCUT2D eigenvalue weighted by molar-refractivity contribution is 0.763. The van der Waals surface area contributed by atoms with Crippen molar-refractivity contribution in [3.63, 3.8) is 0 Å². The third kappa shape index (κ3) is 4.69. The summed E-state index contributed by atoms with van der Waals surface area (Å²) in [5.74, 6) is 0. The summed E-state index contributed by atoms with van der Waals surface area (Å²) in [6.45, 7) is 4.14. The van der Waals surface area contributed by atoms with Crippen molar-refractivity contribution in [3.05, 3.63) is 42.1 Å². The van der Waals surface area contributed by atoms with Crippen LogP contribution in [0.15, 0.2) is 46.5 Å². The number of benzene rings is 1. The average Bonchev–Trinajstić information content (AvgIpc) is 2.26. The number of nitrogens with zero attached hydrogens (tertiary/aromatic N) is 2. The Morgan fingerprint density at radius 1 is 1.06 bits per heavy atom. The second-order valence-electron chi connectivity index (χ2n) is 4.21. The van der Waals surface area contributed by atoms with Gasteiger partial charge >= 0.3 is 0 Å². The van der Waals surface area contributed by atoms with Crippen molar-refractivity contribution in [1.29, 1.82) is 0 Å². The average molecular weight is 214 g/mol. The topological polar surface area (TPSA) is 24.7 Å². The molecule has 0 saturated carbocycles. The predicted molar refractivity (Wildman–Crippen MR) is 72.2 cm³/mol. The Hall–Kier alpha value is -1.70. The van der Waals surface area contributed by atoms with E-state index in [4.69, 9.17) is 0 Å². The van der Waals surface area contributed by atoms with Crippen molar-refractivity contribution in [1.82, 2.24) is 0 Å². The van der Waals surface area contributed by atoms with E-state index in [1.807, 2.05) is 48.8 Å². The van der Waals surface area contributed by atoms with Crippen molar-refractivity contribution >= 4 is 18.5 Å². The summed E-state index contributed by atoms with van der Waals surface area (Å²) in [6, 6.07) is 10.1. The lowest BCUT2D eigenvalue weighted by Crippen LogP contribution is -2.14. The highest BCUT2D eigenvalue weighted by Gasteiger charge is 2.09. The Morgan fingerprint density at radius 3 is 2.38 bits per heavy atom. The molecule has 2 nitrogen and oxygen atoms in total. The van der Waals surface area contributed by atoms with Crippen LogP contribution in [0.3, 0.4) is 0 Å². The highest BCUT2D eigenvalue weighted by atomic mass is 14.7. The smallest absolute Gasteiger partial charge is 0.0348 e. The normalized spacial score (nSPS) is 13.2. The van der Waals surface area contributed by atoms with E-state index >= 15 is 0 Å². The number of aliphatic imine (C=N–C) groups is 2. The Balaban J connectivity index is 2.58. The molecule has 84 valence electrons. The molecule has 0 aromatic heterocycles. The highest BCUT2D eigenvalue weighted by molar-refractivity contribution is 5.88. The van der Waals surface area contributed by atoms with Crippen LogP contribution in [0.5, 0.6) is 0 Å². The van der Waals surface area contributed by atoms with E-state index in [-0.39, 0.29) is 5.41 Å². The Bertz CT molecular complexity index is 386. The third-order valence-corrected chi connectivity index (χ3v) is 2.02. The summed E-state index contributed by atoms with van der Waals surface area (Å²) in [5.41, 5.74) is 1.07. The molecule has 0 radical (unpaired) electrons. The molecule has 0 aliphatic heterocycles. The molecule has 0 aliphatic rings. The van der Waals surface area contributed by atoms with E-state index in [9.17, 15) is 0 Å². The Labute approximate surface area is 97.5 Å². The predicted octanol–water partition coefficient (Wildman–Crippen LogP) is 3.45. The summed E-state index contributed by atoms with van der Waals surface area (Å²) in [6.07, 6.45) is 7.56. The SMILES string of the molecule is CN=CC(C)(C)C=N/C=C/c1ccccc1. The number of hydrogen-bond donors (Lipinski definition) is 0. The van der Waals surface area contributed by atoms with Crippen LogP contribution >= 0.6 is 0 Å². The van der Waals surface area contributed by atoms with Crippen LogP contribution in [-0.4, -0.2) is 19.5 Å². The lowest BCUT2D eigenvalue weighted by atomic mass is 9.97. The minimum absolute atomic E-state index is 0.0875. The number of rotatable bonds is 4. The maximum Gasteiger partial charge on any atom is 0.0348 e. The van der Waals surface area contributed by atoms with Gasteiger partial charge in [-0.3, -0.25) is 9.98 Å². The summed E-state index contributed by atoms with van der Waals surface area (Å²) >= 11 is 0. The van der Waals surface area contributed by atoms with Crippen LogP contribution in [0.1, 0.15) is 19.4 Å². The lowest BCUT2D eigenvalue weighted by Gasteiger charge is -2.10. The fourth-order valence-electron chi connectivity index (χ4n) is 1.29. The van der Waals surface area contributed by atoms with Gasteiger partial charge in [0, 0.05) is 31.1 Å². The molecule has 0 aliphatic carbocycles. The van der Waals surface area contributed by atoms with Crippen LogP contribution in [0.2, 0.25) is 0 Å². The van der Waals surface area contributed by atoms with E-state index in [0.717, 1.165) is 5.56 Å². The molecule has 1 rings (SSSR count). The molecule has 0 fully saturated rings. The first-order valence-electron chi connectivity index (χ1n) is 5.33. The third-order valence-electron chi connectivity index (χ3n) is 2.02. The summed E-state index contributed by atoms with van der Waals surface area (Å²) in [4.78, 5) is 8.26. The van der Waals surface area contributed by atoms with Gasteiger partial charge in [0.15, 0.2) is 0 Å². The van der Waals surface area contributed by atoms with Gasteiger partial charge in [0.25, 0.3) is 0 Å². The highest BCUT2D eigenvalue weighted by Crippen LogP contribution is 2.08. The molecule has 0 bridgehead atoms. The standard InChI is InChI=1S/C14H18N2/c1-14(2,11-15-3)12-16-10-9-13-7-5-4-6-8-13/h4-12H,1-3H3/b10-9+,15-11?,16-12?. The van der Waals surface area contributed by atoms with E-state index in [0.29, 0.717) is 0 Å². The zero-order valence-electron chi connectivity index (χ0n) is 10.1. The second kappa shape index (κ2) is 6.01. The molecule has 16 heavy (non-hydrogen) atoms. The van der Waals surface area contributed by atoms with Crippen LogP contribution in [0.25, 0.3) is 6.08 Å². The molecule has 2 heteroatoms. The minimum Gasteiger partial charge on any atom is -0.300 e. The molecule has 0 amide bonds. The van der Waals surface area contributed by atoms with Gasteiger partial charge in [-0.05, 0) is 25.5 Å². The van der Waals surface area contributed by atoms with Crippen LogP contribution in [0.4, 0.5) is 0 Å². The van der Waals surface area contributed by atoms with Gasteiger partial charge in [-0.15, -0.1) is 0 Å². The van der Waals surface area contributed by atoms with Crippen molar-refractivity contribution in [2.24, 2.45) is 15.4 Å². The summed E-state index contributed by atoms with van der Waals surface area (Å²) in [5, 5.41) is 0. The van der Waals surface area contributed by atoms with Crippen molar-refractivity contribution in [3.8, 4) is 0 Å². The first-order chi connectivity index (χ1) is 7.64. The first-order valence-corrected chi connectivity index (χ1v) is 5.33. The van der Waals surface area contributed by atoms with Gasteiger partial charge in [0.2, 0.25) is 0 Å². The van der Waals surface area contributed by atoms with E-state index in [2.05, 4.69) is 23.8 Å². The molecule has 1 aromatic carbocycles. The van der Waals surface area contributed by atoms with Gasteiger partial charge in [0.1, 0.15) is 0 Å². The molecule has 0 atom stereocenters. The molecular formula is C14H18N2. The maximum absolute atomic E-state index is 4.26. The zero-order chi connectivity index (χ0) is 11.9. The maximum atomic E-state index is 4.26. The van der Waals surface area contributed by atoms with Gasteiger partial charge in [-0.1, -0.05) is 30.3 Å². The molecule has 0 unspecified atom stereocenters. The van der Waals surface area contributed by atoms with Gasteiger partial charge in [0.05, 0.1) is 0 Å². The van der Waals surface area contributed by atoms with Crippen molar-refractivity contribution in [2.45, 2.75) is 13.8 Å². The summed E-state index contributed by atoms with van der Waals surface area (Å²) < 4.78 is 0. The van der Waals surface area contributed by atoms with E-state index < -0.39 is 0 Å². The first kappa shape index (κ1) is 12.4. The minimum atomic E-state index is -0.0875. The second-order valence-corrected chi connectivity index (χ2v) is 4.21. The Kier molecular flexibility index (Phi) is 4.65. The summed E-state index contributed by atoms with van der Waals surface area (Å²) in [7, 11) is 1.77. The van der Waals surface area contributed by atoms with E-state index in [1.165, 1.54) is 0 Å². The number of hydrogen-bond acceptors (Lipinski definition) is 2. The molecule has 0 spiro atoms.